The van der Waals surface area contributed by atoms with E-state index >= 15 is 0 Å². The molecule has 0 aromatic heterocycles. The molecule has 0 fully saturated rings. The van der Waals surface area contributed by atoms with Crippen LogP contribution in [0, 0.1) is 0 Å². The molecule has 1 rings (SSSR count). The maximum absolute atomic E-state index is 8.82. The quantitative estimate of drug-likeness (QED) is 0.731. The number of rotatable bonds is 3. The fourth-order valence-electron chi connectivity index (χ4n) is 0.832. The first-order valence-corrected chi connectivity index (χ1v) is 4.79. The third-order valence-corrected chi connectivity index (χ3v) is 1.56. The standard InChI is InChI=1S/C7H9NO.C4H10O/c1-8-6-2-4-7(9)5-3-6;1-3-5-4-2/h2-5,8-9H,1H3;3-4H2,1-2H3. The number of aromatic hydroxyl groups is 1. The van der Waals surface area contributed by atoms with E-state index in [0.29, 0.717) is 5.75 Å². The Bertz CT molecular complexity index is 219. The molecule has 0 spiro atoms. The second-order valence-electron chi connectivity index (χ2n) is 2.58. The van der Waals surface area contributed by atoms with Gasteiger partial charge in [0.25, 0.3) is 0 Å². The zero-order chi connectivity index (χ0) is 10.8. The van der Waals surface area contributed by atoms with E-state index in [2.05, 4.69) is 5.32 Å². The van der Waals surface area contributed by atoms with E-state index < -0.39 is 0 Å². The highest BCUT2D eigenvalue weighted by molar-refractivity contribution is 5.45. The lowest BCUT2D eigenvalue weighted by atomic mass is 10.3. The van der Waals surface area contributed by atoms with Crippen LogP contribution in [0.25, 0.3) is 0 Å². The molecule has 80 valence electrons. The smallest absolute Gasteiger partial charge is 0.115 e. The molecule has 0 bridgehead atoms. The van der Waals surface area contributed by atoms with Crippen LogP contribution in [0.15, 0.2) is 24.3 Å². The highest BCUT2D eigenvalue weighted by Gasteiger charge is 1.85. The minimum absolute atomic E-state index is 0.300. The van der Waals surface area contributed by atoms with E-state index in [0.717, 1.165) is 18.9 Å². The first-order valence-electron chi connectivity index (χ1n) is 4.79. The minimum atomic E-state index is 0.300. The van der Waals surface area contributed by atoms with Crippen molar-refractivity contribution in [3.63, 3.8) is 0 Å². The van der Waals surface area contributed by atoms with Crippen molar-refractivity contribution in [1.29, 1.82) is 0 Å². The fraction of sp³-hybridized carbons (Fsp3) is 0.455. The highest BCUT2D eigenvalue weighted by Crippen LogP contribution is 2.12. The van der Waals surface area contributed by atoms with Crippen LogP contribution in [0.5, 0.6) is 5.75 Å². The van der Waals surface area contributed by atoms with Gasteiger partial charge in [0.15, 0.2) is 0 Å². The zero-order valence-corrected chi connectivity index (χ0v) is 9.08. The maximum atomic E-state index is 8.82. The number of nitrogens with one attached hydrogen (secondary N) is 1. The van der Waals surface area contributed by atoms with Crippen LogP contribution in [0.3, 0.4) is 0 Å². The van der Waals surface area contributed by atoms with Gasteiger partial charge in [-0.25, -0.2) is 0 Å². The lowest BCUT2D eigenvalue weighted by Gasteiger charge is -1.96. The molecule has 1 aromatic carbocycles. The summed E-state index contributed by atoms with van der Waals surface area (Å²) in [4.78, 5) is 0. The molecule has 0 radical (unpaired) electrons. The summed E-state index contributed by atoms with van der Waals surface area (Å²) in [6.07, 6.45) is 0. The number of benzene rings is 1. The van der Waals surface area contributed by atoms with E-state index in [-0.39, 0.29) is 0 Å². The molecule has 14 heavy (non-hydrogen) atoms. The van der Waals surface area contributed by atoms with Crippen molar-refractivity contribution in [2.75, 3.05) is 25.6 Å². The van der Waals surface area contributed by atoms with Gasteiger partial charge in [0.1, 0.15) is 5.75 Å². The Morgan fingerprint density at radius 1 is 1.14 bits per heavy atom. The summed E-state index contributed by atoms with van der Waals surface area (Å²) in [6, 6.07) is 6.92. The third-order valence-electron chi connectivity index (χ3n) is 1.56. The second-order valence-corrected chi connectivity index (χ2v) is 2.58. The van der Waals surface area contributed by atoms with E-state index in [1.807, 2.05) is 33.0 Å². The zero-order valence-electron chi connectivity index (χ0n) is 9.08. The monoisotopic (exact) mass is 197 g/mol. The molecule has 1 aromatic rings. The Morgan fingerprint density at radius 3 is 1.93 bits per heavy atom. The molecule has 0 aliphatic heterocycles. The van der Waals surface area contributed by atoms with Gasteiger partial charge in [0, 0.05) is 25.9 Å². The molecule has 0 unspecified atom stereocenters. The SMILES string of the molecule is CCOCC.CNc1ccc(O)cc1. The van der Waals surface area contributed by atoms with Gasteiger partial charge in [-0.2, -0.15) is 0 Å². The van der Waals surface area contributed by atoms with Crippen molar-refractivity contribution in [1.82, 2.24) is 0 Å². The molecule has 2 N–H and O–H groups in total. The number of anilines is 1. The Labute approximate surface area is 85.7 Å². The summed E-state index contributed by atoms with van der Waals surface area (Å²) >= 11 is 0. The molecule has 0 saturated carbocycles. The van der Waals surface area contributed by atoms with Crippen LogP contribution in [0.2, 0.25) is 0 Å². The average molecular weight is 197 g/mol. The predicted molar refractivity (Wildman–Crippen MR) is 59.8 cm³/mol. The first-order chi connectivity index (χ1) is 6.74. The van der Waals surface area contributed by atoms with Gasteiger partial charge in [0.05, 0.1) is 0 Å². The van der Waals surface area contributed by atoms with Gasteiger partial charge in [-0.05, 0) is 38.1 Å². The molecular weight excluding hydrogens is 178 g/mol. The van der Waals surface area contributed by atoms with Crippen molar-refractivity contribution in [2.45, 2.75) is 13.8 Å². The van der Waals surface area contributed by atoms with E-state index in [9.17, 15) is 0 Å². The number of phenolic OH excluding ortho intramolecular Hbond substituents is 1. The molecule has 0 aliphatic rings. The van der Waals surface area contributed by atoms with Gasteiger partial charge in [-0.15, -0.1) is 0 Å². The molecule has 3 heteroatoms. The summed E-state index contributed by atoms with van der Waals surface area (Å²) in [6.45, 7) is 5.67. The number of hydrogen-bond acceptors (Lipinski definition) is 3. The lowest BCUT2D eigenvalue weighted by Crippen LogP contribution is -1.84. The average Bonchev–Trinajstić information content (AvgIpc) is 2.21. The maximum Gasteiger partial charge on any atom is 0.115 e. The van der Waals surface area contributed by atoms with Crippen LogP contribution in [-0.4, -0.2) is 25.4 Å². The normalized spacial score (nSPS) is 8.79. The first kappa shape index (κ1) is 12.8. The Morgan fingerprint density at radius 2 is 1.64 bits per heavy atom. The largest absolute Gasteiger partial charge is 0.508 e. The second kappa shape index (κ2) is 8.38. The molecule has 0 amide bonds. The number of phenols is 1. The number of ether oxygens (including phenoxy) is 1. The van der Waals surface area contributed by atoms with Crippen molar-refractivity contribution in [2.24, 2.45) is 0 Å². The van der Waals surface area contributed by atoms with Gasteiger partial charge in [-0.3, -0.25) is 0 Å². The molecule has 0 aliphatic carbocycles. The Hall–Kier alpha value is -1.22. The van der Waals surface area contributed by atoms with Gasteiger partial charge in [0.2, 0.25) is 0 Å². The van der Waals surface area contributed by atoms with Gasteiger partial charge < -0.3 is 15.2 Å². The Kier molecular flexibility index (Phi) is 7.65. The summed E-state index contributed by atoms with van der Waals surface area (Å²) in [7, 11) is 1.84. The third kappa shape index (κ3) is 6.31. The minimum Gasteiger partial charge on any atom is -0.508 e. The molecule has 0 saturated heterocycles. The van der Waals surface area contributed by atoms with Crippen molar-refractivity contribution in [3.05, 3.63) is 24.3 Å². The van der Waals surface area contributed by atoms with Crippen LogP contribution in [-0.2, 0) is 4.74 Å². The van der Waals surface area contributed by atoms with Crippen molar-refractivity contribution >= 4 is 5.69 Å². The molecule has 3 nitrogen and oxygen atoms in total. The Balaban J connectivity index is 0.000000292. The van der Waals surface area contributed by atoms with Crippen LogP contribution in [0.4, 0.5) is 5.69 Å². The summed E-state index contributed by atoms with van der Waals surface area (Å²) in [5.41, 5.74) is 1.01. The summed E-state index contributed by atoms with van der Waals surface area (Å²) in [5, 5.41) is 11.8. The predicted octanol–water partition coefficient (Wildman–Crippen LogP) is 2.48. The van der Waals surface area contributed by atoms with Crippen LogP contribution < -0.4 is 5.32 Å². The lowest BCUT2D eigenvalue weighted by molar-refractivity contribution is 0.162. The molecule has 0 heterocycles. The molecular formula is C11H19NO2. The van der Waals surface area contributed by atoms with Crippen molar-refractivity contribution in [3.8, 4) is 5.75 Å². The summed E-state index contributed by atoms with van der Waals surface area (Å²) < 4.78 is 4.83. The van der Waals surface area contributed by atoms with E-state index in [1.165, 1.54) is 0 Å². The summed E-state index contributed by atoms with van der Waals surface area (Å²) in [5.74, 6) is 0.300. The fourth-order valence-corrected chi connectivity index (χ4v) is 0.832. The van der Waals surface area contributed by atoms with E-state index in [4.69, 9.17) is 9.84 Å². The highest BCUT2D eigenvalue weighted by atomic mass is 16.5. The van der Waals surface area contributed by atoms with E-state index in [1.54, 1.807) is 12.1 Å². The van der Waals surface area contributed by atoms with Crippen molar-refractivity contribution < 1.29 is 9.84 Å². The van der Waals surface area contributed by atoms with Crippen LogP contribution in [0.1, 0.15) is 13.8 Å². The van der Waals surface area contributed by atoms with Gasteiger partial charge >= 0.3 is 0 Å². The van der Waals surface area contributed by atoms with Crippen LogP contribution >= 0.6 is 0 Å². The number of hydrogen-bond donors (Lipinski definition) is 2. The molecule has 0 atom stereocenters. The topological polar surface area (TPSA) is 41.5 Å². The van der Waals surface area contributed by atoms with Gasteiger partial charge in [-0.1, -0.05) is 0 Å².